The molecule has 1 N–H and O–H groups in total. The van der Waals surface area contributed by atoms with Gasteiger partial charge in [0, 0.05) is 44.5 Å². The van der Waals surface area contributed by atoms with Crippen molar-refractivity contribution in [3.05, 3.63) is 60.3 Å². The van der Waals surface area contributed by atoms with Crippen LogP contribution in [0.4, 0.5) is 0 Å². The van der Waals surface area contributed by atoms with Gasteiger partial charge >= 0.3 is 0 Å². The molecule has 0 saturated carbocycles. The second-order valence-corrected chi connectivity index (χ2v) is 5.00. The number of aromatic nitrogens is 3. The predicted molar refractivity (Wildman–Crippen MR) is 82.3 cm³/mol. The van der Waals surface area contributed by atoms with Gasteiger partial charge in [-0.05, 0) is 24.3 Å². The van der Waals surface area contributed by atoms with Crippen molar-refractivity contribution in [1.82, 2.24) is 19.3 Å². The first kappa shape index (κ1) is 13.9. The van der Waals surface area contributed by atoms with E-state index in [4.69, 9.17) is 4.74 Å². The highest BCUT2D eigenvalue weighted by atomic mass is 16.5. The van der Waals surface area contributed by atoms with Crippen LogP contribution in [0.25, 0.3) is 5.65 Å². The SMILES string of the molecule is COCCNCc1cccn1Cc1cn2ccccc2n1. The van der Waals surface area contributed by atoms with E-state index in [1.165, 1.54) is 5.69 Å². The number of pyridine rings is 1. The molecule has 3 heterocycles. The molecule has 0 aromatic carbocycles. The summed E-state index contributed by atoms with van der Waals surface area (Å²) in [6.45, 7) is 3.21. The highest BCUT2D eigenvalue weighted by molar-refractivity contribution is 5.39. The van der Waals surface area contributed by atoms with E-state index in [9.17, 15) is 0 Å². The van der Waals surface area contributed by atoms with Crippen LogP contribution in [0.3, 0.4) is 0 Å². The van der Waals surface area contributed by atoms with Gasteiger partial charge in [-0.1, -0.05) is 6.07 Å². The summed E-state index contributed by atoms with van der Waals surface area (Å²) >= 11 is 0. The lowest BCUT2D eigenvalue weighted by atomic mass is 10.4. The normalized spacial score (nSPS) is 11.3. The second-order valence-electron chi connectivity index (χ2n) is 5.00. The Kier molecular flexibility index (Phi) is 4.33. The number of hydrogen-bond acceptors (Lipinski definition) is 3. The highest BCUT2D eigenvalue weighted by Crippen LogP contribution is 2.09. The Morgan fingerprint density at radius 3 is 3.00 bits per heavy atom. The quantitative estimate of drug-likeness (QED) is 0.674. The molecule has 0 fully saturated rings. The molecule has 0 amide bonds. The van der Waals surface area contributed by atoms with Gasteiger partial charge in [0.1, 0.15) is 5.65 Å². The Bertz CT molecular complexity index is 668. The van der Waals surface area contributed by atoms with Crippen molar-refractivity contribution in [3.63, 3.8) is 0 Å². The molecule has 0 unspecified atom stereocenters. The molecule has 0 aliphatic heterocycles. The zero-order chi connectivity index (χ0) is 14.5. The Balaban J connectivity index is 1.68. The van der Waals surface area contributed by atoms with Gasteiger partial charge in [-0.3, -0.25) is 0 Å². The molecule has 0 radical (unpaired) electrons. The largest absolute Gasteiger partial charge is 0.383 e. The number of ether oxygens (including phenoxy) is 1. The number of imidazole rings is 1. The van der Waals surface area contributed by atoms with Gasteiger partial charge in [-0.15, -0.1) is 0 Å². The summed E-state index contributed by atoms with van der Waals surface area (Å²) in [5.41, 5.74) is 3.30. The van der Waals surface area contributed by atoms with E-state index in [1.54, 1.807) is 7.11 Å². The first-order chi connectivity index (χ1) is 10.4. The molecule has 0 aliphatic rings. The van der Waals surface area contributed by atoms with Gasteiger partial charge in [-0.2, -0.15) is 0 Å². The van der Waals surface area contributed by atoms with Gasteiger partial charge < -0.3 is 19.0 Å². The standard InChI is InChI=1S/C16H20N4O/c1-21-10-7-17-11-15-5-4-9-19(15)12-14-13-20-8-3-2-6-16(20)18-14/h2-6,8-9,13,17H,7,10-12H2,1H3. The van der Waals surface area contributed by atoms with Crippen molar-refractivity contribution in [3.8, 4) is 0 Å². The molecule has 21 heavy (non-hydrogen) atoms. The van der Waals surface area contributed by atoms with Crippen molar-refractivity contribution in [2.24, 2.45) is 0 Å². The maximum absolute atomic E-state index is 5.04. The average molecular weight is 284 g/mol. The molecule has 0 saturated heterocycles. The van der Waals surface area contributed by atoms with Gasteiger partial charge in [0.15, 0.2) is 0 Å². The van der Waals surface area contributed by atoms with Gasteiger partial charge in [0.2, 0.25) is 0 Å². The van der Waals surface area contributed by atoms with E-state index in [1.807, 2.05) is 24.4 Å². The maximum Gasteiger partial charge on any atom is 0.137 e. The lowest BCUT2D eigenvalue weighted by molar-refractivity contribution is 0.199. The minimum Gasteiger partial charge on any atom is -0.383 e. The Morgan fingerprint density at radius 1 is 1.19 bits per heavy atom. The van der Waals surface area contributed by atoms with E-state index in [-0.39, 0.29) is 0 Å². The van der Waals surface area contributed by atoms with Crippen LogP contribution in [0.1, 0.15) is 11.4 Å². The summed E-state index contributed by atoms with van der Waals surface area (Å²) in [6, 6.07) is 10.2. The topological polar surface area (TPSA) is 43.5 Å². The lowest BCUT2D eigenvalue weighted by Gasteiger charge is -2.08. The third kappa shape index (κ3) is 3.32. The van der Waals surface area contributed by atoms with Gasteiger partial charge in [-0.25, -0.2) is 4.98 Å². The van der Waals surface area contributed by atoms with Gasteiger partial charge in [0.25, 0.3) is 0 Å². The summed E-state index contributed by atoms with van der Waals surface area (Å²) in [5, 5.41) is 3.37. The number of rotatable bonds is 7. The molecule has 0 aliphatic carbocycles. The molecule has 0 bridgehead atoms. The smallest absolute Gasteiger partial charge is 0.137 e. The summed E-state index contributed by atoms with van der Waals surface area (Å²) in [4.78, 5) is 4.64. The molecule has 5 heteroatoms. The first-order valence-electron chi connectivity index (χ1n) is 7.13. The first-order valence-corrected chi connectivity index (χ1v) is 7.13. The number of fused-ring (bicyclic) bond motifs is 1. The van der Waals surface area contributed by atoms with Crippen molar-refractivity contribution in [2.45, 2.75) is 13.1 Å². The zero-order valence-corrected chi connectivity index (χ0v) is 12.2. The molecular formula is C16H20N4O. The minimum absolute atomic E-state index is 0.729. The Labute approximate surface area is 124 Å². The average Bonchev–Trinajstić information content (AvgIpc) is 3.10. The van der Waals surface area contributed by atoms with Crippen LogP contribution in [-0.2, 0) is 17.8 Å². The maximum atomic E-state index is 5.04. The fraction of sp³-hybridized carbons (Fsp3) is 0.312. The van der Waals surface area contributed by atoms with Crippen molar-refractivity contribution < 1.29 is 4.74 Å². The molecule has 110 valence electrons. The fourth-order valence-corrected chi connectivity index (χ4v) is 2.39. The predicted octanol–water partition coefficient (Wildman–Crippen LogP) is 1.92. The minimum atomic E-state index is 0.729. The van der Waals surface area contributed by atoms with E-state index in [0.29, 0.717) is 0 Å². The van der Waals surface area contributed by atoms with Gasteiger partial charge in [0.05, 0.1) is 18.8 Å². The van der Waals surface area contributed by atoms with Crippen LogP contribution in [0, 0.1) is 0 Å². The molecular weight excluding hydrogens is 264 g/mol. The zero-order valence-electron chi connectivity index (χ0n) is 12.2. The Morgan fingerprint density at radius 2 is 2.14 bits per heavy atom. The Hall–Kier alpha value is -2.11. The number of methoxy groups -OCH3 is 1. The van der Waals surface area contributed by atoms with Crippen LogP contribution in [0.15, 0.2) is 48.9 Å². The fourth-order valence-electron chi connectivity index (χ4n) is 2.39. The number of nitrogens with one attached hydrogen (secondary N) is 1. The van der Waals surface area contributed by atoms with E-state index in [0.717, 1.165) is 37.6 Å². The molecule has 3 rings (SSSR count). The highest BCUT2D eigenvalue weighted by Gasteiger charge is 2.05. The molecule has 0 spiro atoms. The molecule has 3 aromatic heterocycles. The van der Waals surface area contributed by atoms with E-state index < -0.39 is 0 Å². The third-order valence-electron chi connectivity index (χ3n) is 3.46. The second kappa shape index (κ2) is 6.56. The summed E-state index contributed by atoms with van der Waals surface area (Å²) in [6.07, 6.45) is 6.20. The summed E-state index contributed by atoms with van der Waals surface area (Å²) in [5.74, 6) is 0. The number of nitrogens with zero attached hydrogens (tertiary/aromatic N) is 3. The summed E-state index contributed by atoms with van der Waals surface area (Å²) < 4.78 is 9.31. The van der Waals surface area contributed by atoms with Crippen LogP contribution < -0.4 is 5.32 Å². The monoisotopic (exact) mass is 284 g/mol. The van der Waals surface area contributed by atoms with Crippen LogP contribution in [0.5, 0.6) is 0 Å². The lowest BCUT2D eigenvalue weighted by Crippen LogP contribution is -2.20. The molecule has 3 aromatic rings. The van der Waals surface area contributed by atoms with Crippen molar-refractivity contribution >= 4 is 5.65 Å². The van der Waals surface area contributed by atoms with E-state index in [2.05, 4.69) is 43.8 Å². The van der Waals surface area contributed by atoms with Crippen LogP contribution in [0.2, 0.25) is 0 Å². The molecule has 0 atom stereocenters. The third-order valence-corrected chi connectivity index (χ3v) is 3.46. The summed E-state index contributed by atoms with van der Waals surface area (Å²) in [7, 11) is 1.72. The van der Waals surface area contributed by atoms with Crippen LogP contribution >= 0.6 is 0 Å². The van der Waals surface area contributed by atoms with E-state index >= 15 is 0 Å². The number of hydrogen-bond donors (Lipinski definition) is 1. The molecule has 5 nitrogen and oxygen atoms in total. The van der Waals surface area contributed by atoms with Crippen molar-refractivity contribution in [1.29, 1.82) is 0 Å². The van der Waals surface area contributed by atoms with Crippen LogP contribution in [-0.4, -0.2) is 34.2 Å². The van der Waals surface area contributed by atoms with Crippen molar-refractivity contribution in [2.75, 3.05) is 20.3 Å².